The number of aromatic nitrogens is 2. The van der Waals surface area contributed by atoms with Gasteiger partial charge < -0.3 is 9.15 Å². The molecule has 5 heteroatoms. The summed E-state index contributed by atoms with van der Waals surface area (Å²) in [5, 5.41) is 7.61. The Balaban J connectivity index is 1.65. The zero-order valence-electron chi connectivity index (χ0n) is 9.89. The highest BCUT2D eigenvalue weighted by molar-refractivity contribution is 5.83. The van der Waals surface area contributed by atoms with Crippen molar-refractivity contribution in [1.82, 2.24) is 10.2 Å². The number of carbonyl (C=O) groups excluding carboxylic acids is 1. The van der Waals surface area contributed by atoms with Crippen molar-refractivity contribution in [2.75, 3.05) is 7.11 Å². The standard InChI is InChI=1S/C12H16N2O3/c1-16-12(15)11-14-13-10(17-11)6-9-5-7-2-3-8(9)4-7/h7-9H,2-6H2,1H3. The van der Waals surface area contributed by atoms with E-state index < -0.39 is 5.97 Å². The Hall–Kier alpha value is -1.39. The highest BCUT2D eigenvalue weighted by atomic mass is 16.5. The molecule has 17 heavy (non-hydrogen) atoms. The number of methoxy groups -OCH3 is 1. The van der Waals surface area contributed by atoms with Crippen molar-refractivity contribution in [3.63, 3.8) is 0 Å². The van der Waals surface area contributed by atoms with Crippen molar-refractivity contribution in [3.8, 4) is 0 Å². The minimum Gasteiger partial charge on any atom is -0.462 e. The highest BCUT2D eigenvalue weighted by Gasteiger charge is 2.40. The molecule has 92 valence electrons. The minimum atomic E-state index is -0.559. The van der Waals surface area contributed by atoms with E-state index >= 15 is 0 Å². The van der Waals surface area contributed by atoms with E-state index in [4.69, 9.17) is 4.42 Å². The van der Waals surface area contributed by atoms with Gasteiger partial charge in [0, 0.05) is 6.42 Å². The van der Waals surface area contributed by atoms with Crippen molar-refractivity contribution in [2.45, 2.75) is 32.1 Å². The molecule has 0 radical (unpaired) electrons. The first-order valence-electron chi connectivity index (χ1n) is 6.17. The number of hydrogen-bond donors (Lipinski definition) is 0. The second kappa shape index (κ2) is 4.13. The van der Waals surface area contributed by atoms with Crippen LogP contribution < -0.4 is 0 Å². The number of esters is 1. The molecule has 0 saturated heterocycles. The fourth-order valence-electron chi connectivity index (χ4n) is 3.36. The van der Waals surface area contributed by atoms with Crippen LogP contribution in [0.2, 0.25) is 0 Å². The van der Waals surface area contributed by atoms with Gasteiger partial charge in [-0.1, -0.05) is 6.42 Å². The van der Waals surface area contributed by atoms with Gasteiger partial charge in [-0.05, 0) is 37.0 Å². The maximum absolute atomic E-state index is 11.2. The molecule has 1 aromatic rings. The molecule has 3 atom stereocenters. The van der Waals surface area contributed by atoms with Crippen LogP contribution in [0.1, 0.15) is 42.3 Å². The minimum absolute atomic E-state index is 0.0364. The second-order valence-corrected chi connectivity index (χ2v) is 5.13. The van der Waals surface area contributed by atoms with Crippen molar-refractivity contribution in [2.24, 2.45) is 17.8 Å². The number of hydrogen-bond acceptors (Lipinski definition) is 5. The first-order chi connectivity index (χ1) is 8.26. The van der Waals surface area contributed by atoms with Gasteiger partial charge in [0.1, 0.15) is 0 Å². The van der Waals surface area contributed by atoms with E-state index in [2.05, 4.69) is 14.9 Å². The van der Waals surface area contributed by atoms with E-state index in [0.29, 0.717) is 11.8 Å². The second-order valence-electron chi connectivity index (χ2n) is 5.13. The largest absolute Gasteiger partial charge is 0.462 e. The van der Waals surface area contributed by atoms with Crippen LogP contribution in [-0.4, -0.2) is 23.3 Å². The normalized spacial score (nSPS) is 30.8. The van der Waals surface area contributed by atoms with Gasteiger partial charge in [-0.2, -0.15) is 0 Å². The van der Waals surface area contributed by atoms with Gasteiger partial charge in [-0.25, -0.2) is 4.79 Å². The summed E-state index contributed by atoms with van der Waals surface area (Å²) in [6.45, 7) is 0. The van der Waals surface area contributed by atoms with Gasteiger partial charge >= 0.3 is 11.9 Å². The molecule has 0 aromatic carbocycles. The van der Waals surface area contributed by atoms with Crippen molar-refractivity contribution in [3.05, 3.63) is 11.8 Å². The zero-order valence-corrected chi connectivity index (χ0v) is 9.89. The Kier molecular flexibility index (Phi) is 2.61. The number of carbonyl (C=O) groups is 1. The molecule has 2 aliphatic rings. The molecule has 1 aromatic heterocycles. The molecule has 0 spiro atoms. The first kappa shape index (κ1) is 10.7. The van der Waals surface area contributed by atoms with E-state index in [0.717, 1.165) is 18.3 Å². The Morgan fingerprint density at radius 2 is 2.29 bits per heavy atom. The fourth-order valence-corrected chi connectivity index (χ4v) is 3.36. The lowest BCUT2D eigenvalue weighted by Crippen LogP contribution is -2.13. The molecular weight excluding hydrogens is 220 g/mol. The maximum atomic E-state index is 11.2. The number of ether oxygens (including phenoxy) is 1. The molecule has 0 N–H and O–H groups in total. The summed E-state index contributed by atoms with van der Waals surface area (Å²) in [5.41, 5.74) is 0. The lowest BCUT2D eigenvalue weighted by molar-refractivity contribution is 0.0553. The predicted molar refractivity (Wildman–Crippen MR) is 58.3 cm³/mol. The Labute approximate surface area is 99.5 Å². The molecule has 2 bridgehead atoms. The van der Waals surface area contributed by atoms with Crippen molar-refractivity contribution in [1.29, 1.82) is 0 Å². The summed E-state index contributed by atoms with van der Waals surface area (Å²) < 4.78 is 9.84. The smallest absolute Gasteiger partial charge is 0.396 e. The number of nitrogens with zero attached hydrogens (tertiary/aromatic N) is 2. The summed E-state index contributed by atoms with van der Waals surface area (Å²) in [4.78, 5) is 11.2. The fraction of sp³-hybridized carbons (Fsp3) is 0.750. The van der Waals surface area contributed by atoms with Crippen LogP contribution in [0.4, 0.5) is 0 Å². The van der Waals surface area contributed by atoms with Crippen LogP contribution in [0, 0.1) is 17.8 Å². The third-order valence-corrected chi connectivity index (χ3v) is 4.15. The van der Waals surface area contributed by atoms with E-state index in [-0.39, 0.29) is 5.89 Å². The molecule has 0 aliphatic heterocycles. The molecule has 2 fully saturated rings. The zero-order chi connectivity index (χ0) is 11.8. The van der Waals surface area contributed by atoms with E-state index in [1.54, 1.807) is 0 Å². The molecule has 2 aliphatic carbocycles. The summed E-state index contributed by atoms with van der Waals surface area (Å²) >= 11 is 0. The van der Waals surface area contributed by atoms with Gasteiger partial charge in [-0.15, -0.1) is 10.2 Å². The van der Waals surface area contributed by atoms with Crippen molar-refractivity contribution >= 4 is 5.97 Å². The van der Waals surface area contributed by atoms with E-state index in [1.807, 2.05) is 0 Å². The maximum Gasteiger partial charge on any atom is 0.396 e. The highest BCUT2D eigenvalue weighted by Crippen LogP contribution is 2.49. The van der Waals surface area contributed by atoms with Crippen LogP contribution in [0.25, 0.3) is 0 Å². The van der Waals surface area contributed by atoms with E-state index in [1.165, 1.54) is 32.8 Å². The Morgan fingerprint density at radius 3 is 2.94 bits per heavy atom. The molecule has 2 saturated carbocycles. The van der Waals surface area contributed by atoms with Crippen LogP contribution in [0.15, 0.2) is 4.42 Å². The summed E-state index contributed by atoms with van der Waals surface area (Å²) in [6.07, 6.45) is 6.18. The summed E-state index contributed by atoms with van der Waals surface area (Å²) in [6, 6.07) is 0. The van der Waals surface area contributed by atoms with Gasteiger partial charge in [0.2, 0.25) is 5.89 Å². The topological polar surface area (TPSA) is 65.2 Å². The van der Waals surface area contributed by atoms with Gasteiger partial charge in [0.05, 0.1) is 7.11 Å². The van der Waals surface area contributed by atoms with Crippen LogP contribution in [-0.2, 0) is 11.2 Å². The monoisotopic (exact) mass is 236 g/mol. The molecule has 0 amide bonds. The molecule has 1 heterocycles. The Bertz CT molecular complexity index is 429. The summed E-state index contributed by atoms with van der Waals surface area (Å²) in [7, 11) is 1.31. The number of rotatable bonds is 3. The predicted octanol–water partition coefficient (Wildman–Crippen LogP) is 1.83. The molecule has 3 rings (SSSR count). The van der Waals surface area contributed by atoms with Crippen LogP contribution in [0.3, 0.4) is 0 Å². The van der Waals surface area contributed by atoms with Gasteiger partial charge in [0.15, 0.2) is 0 Å². The summed E-state index contributed by atoms with van der Waals surface area (Å²) in [5.74, 6) is 2.38. The lowest BCUT2D eigenvalue weighted by atomic mass is 9.86. The molecular formula is C12H16N2O3. The average Bonchev–Trinajstić information content (AvgIpc) is 3.03. The van der Waals surface area contributed by atoms with Crippen LogP contribution >= 0.6 is 0 Å². The average molecular weight is 236 g/mol. The van der Waals surface area contributed by atoms with Gasteiger partial charge in [-0.3, -0.25) is 0 Å². The van der Waals surface area contributed by atoms with Gasteiger partial charge in [0.25, 0.3) is 0 Å². The molecule has 3 unspecified atom stereocenters. The molecule has 5 nitrogen and oxygen atoms in total. The first-order valence-corrected chi connectivity index (χ1v) is 6.17. The lowest BCUT2D eigenvalue weighted by Gasteiger charge is -2.19. The van der Waals surface area contributed by atoms with Crippen LogP contribution in [0.5, 0.6) is 0 Å². The Morgan fingerprint density at radius 1 is 1.41 bits per heavy atom. The third-order valence-electron chi connectivity index (χ3n) is 4.15. The quantitative estimate of drug-likeness (QED) is 0.749. The third kappa shape index (κ3) is 1.94. The van der Waals surface area contributed by atoms with Crippen molar-refractivity contribution < 1.29 is 13.9 Å². The SMILES string of the molecule is COC(=O)c1nnc(CC2CC3CCC2C3)o1. The number of fused-ring (bicyclic) bond motifs is 2. The van der Waals surface area contributed by atoms with E-state index in [9.17, 15) is 4.79 Å².